The number of amides is 1. The van der Waals surface area contributed by atoms with Crippen LogP contribution in [-0.2, 0) is 14.8 Å². The minimum absolute atomic E-state index is 0.132. The normalized spacial score (nSPS) is 17.1. The molecule has 1 N–H and O–H groups in total. The summed E-state index contributed by atoms with van der Waals surface area (Å²) in [5, 5.41) is 4.72. The van der Waals surface area contributed by atoms with Crippen molar-refractivity contribution in [3.8, 4) is 11.5 Å². The Morgan fingerprint density at radius 1 is 1.00 bits per heavy atom. The van der Waals surface area contributed by atoms with Gasteiger partial charge in [-0.25, -0.2) is 8.42 Å². The minimum atomic E-state index is -3.71. The second kappa shape index (κ2) is 9.18. The lowest BCUT2D eigenvalue weighted by Crippen LogP contribution is -2.43. The van der Waals surface area contributed by atoms with Crippen LogP contribution in [0.3, 0.4) is 0 Å². The van der Waals surface area contributed by atoms with E-state index in [-0.39, 0.29) is 17.3 Å². The molecule has 1 heterocycles. The van der Waals surface area contributed by atoms with Gasteiger partial charge in [-0.05, 0) is 47.9 Å². The van der Waals surface area contributed by atoms with Gasteiger partial charge >= 0.3 is 0 Å². The third kappa shape index (κ3) is 4.42. The van der Waals surface area contributed by atoms with Gasteiger partial charge in [0.25, 0.3) is 0 Å². The van der Waals surface area contributed by atoms with Gasteiger partial charge in [-0.1, -0.05) is 30.3 Å². The molecule has 0 aliphatic carbocycles. The highest BCUT2D eigenvalue weighted by Gasteiger charge is 2.33. The molecule has 0 unspecified atom stereocenters. The highest BCUT2D eigenvalue weighted by atomic mass is 32.2. The van der Waals surface area contributed by atoms with Gasteiger partial charge in [-0.2, -0.15) is 4.31 Å². The number of sulfonamides is 1. The molecule has 4 rings (SSSR count). The molecule has 3 aromatic carbocycles. The Labute approximate surface area is 188 Å². The van der Waals surface area contributed by atoms with Crippen molar-refractivity contribution in [3.05, 3.63) is 60.7 Å². The molecule has 7 nitrogen and oxygen atoms in total. The van der Waals surface area contributed by atoms with Crippen molar-refractivity contribution >= 4 is 32.4 Å². The predicted octanol–water partition coefficient (Wildman–Crippen LogP) is 3.90. The summed E-state index contributed by atoms with van der Waals surface area (Å²) in [6.45, 7) is 0.523. The molecular weight excluding hydrogens is 428 g/mol. The van der Waals surface area contributed by atoms with E-state index in [1.807, 2.05) is 30.3 Å². The second-order valence-electron chi connectivity index (χ2n) is 7.77. The number of nitrogens with zero attached hydrogens (tertiary/aromatic N) is 1. The van der Waals surface area contributed by atoms with Crippen LogP contribution in [-0.4, -0.2) is 45.9 Å². The molecule has 1 saturated heterocycles. The monoisotopic (exact) mass is 454 g/mol. The van der Waals surface area contributed by atoms with E-state index >= 15 is 0 Å². The first kappa shape index (κ1) is 22.1. The lowest BCUT2D eigenvalue weighted by atomic mass is 9.98. The van der Waals surface area contributed by atoms with E-state index in [1.165, 1.54) is 11.4 Å². The minimum Gasteiger partial charge on any atom is -0.497 e. The number of hydrogen-bond donors (Lipinski definition) is 1. The van der Waals surface area contributed by atoms with Gasteiger partial charge in [-0.15, -0.1) is 0 Å². The molecule has 168 valence electrons. The molecule has 1 fully saturated rings. The largest absolute Gasteiger partial charge is 0.497 e. The molecule has 0 radical (unpaired) electrons. The van der Waals surface area contributed by atoms with Crippen LogP contribution in [0.4, 0.5) is 5.69 Å². The summed E-state index contributed by atoms with van der Waals surface area (Å²) in [4.78, 5) is 13.2. The van der Waals surface area contributed by atoms with Gasteiger partial charge in [0.2, 0.25) is 15.9 Å². The molecular formula is C24H26N2O5S. The molecule has 32 heavy (non-hydrogen) atoms. The smallest absolute Gasteiger partial charge is 0.243 e. The lowest BCUT2D eigenvalue weighted by molar-refractivity contribution is -0.120. The van der Waals surface area contributed by atoms with Gasteiger partial charge < -0.3 is 14.8 Å². The average Bonchev–Trinajstić information content (AvgIpc) is 2.83. The van der Waals surface area contributed by atoms with Crippen molar-refractivity contribution < 1.29 is 22.7 Å². The summed E-state index contributed by atoms with van der Waals surface area (Å²) in [6, 6.07) is 17.9. The van der Waals surface area contributed by atoms with Crippen molar-refractivity contribution in [1.29, 1.82) is 0 Å². The fourth-order valence-corrected chi connectivity index (χ4v) is 5.56. The third-order valence-corrected chi connectivity index (χ3v) is 7.64. The van der Waals surface area contributed by atoms with E-state index in [0.29, 0.717) is 36.6 Å². The van der Waals surface area contributed by atoms with Gasteiger partial charge in [0, 0.05) is 19.2 Å². The van der Waals surface area contributed by atoms with Crippen LogP contribution in [0.25, 0.3) is 10.8 Å². The van der Waals surface area contributed by atoms with Gasteiger partial charge in [0.1, 0.15) is 11.5 Å². The number of piperidine rings is 1. The summed E-state index contributed by atoms with van der Waals surface area (Å²) in [5.41, 5.74) is 0.492. The van der Waals surface area contributed by atoms with Crippen LogP contribution in [0, 0.1) is 5.92 Å². The van der Waals surface area contributed by atoms with Gasteiger partial charge in [0.05, 0.1) is 30.7 Å². The summed E-state index contributed by atoms with van der Waals surface area (Å²) >= 11 is 0. The van der Waals surface area contributed by atoms with Crippen molar-refractivity contribution in [2.45, 2.75) is 17.7 Å². The molecule has 0 aromatic heterocycles. The Hall–Kier alpha value is -3.10. The Balaban J connectivity index is 1.53. The zero-order valence-electron chi connectivity index (χ0n) is 18.1. The molecule has 8 heteroatoms. The predicted molar refractivity (Wildman–Crippen MR) is 124 cm³/mol. The van der Waals surface area contributed by atoms with Crippen LogP contribution >= 0.6 is 0 Å². The Kier molecular flexibility index (Phi) is 6.34. The highest BCUT2D eigenvalue weighted by Crippen LogP contribution is 2.31. The zero-order chi connectivity index (χ0) is 22.7. The van der Waals surface area contributed by atoms with E-state index in [9.17, 15) is 13.2 Å². The molecule has 1 amide bonds. The molecule has 3 aromatic rings. The maximum absolute atomic E-state index is 13.3. The molecule has 1 aliphatic rings. The number of hydrogen-bond acceptors (Lipinski definition) is 5. The fraction of sp³-hybridized carbons (Fsp3) is 0.292. The van der Waals surface area contributed by atoms with Crippen LogP contribution in [0.2, 0.25) is 0 Å². The summed E-state index contributed by atoms with van der Waals surface area (Å²) < 4.78 is 38.6. The molecule has 0 saturated carbocycles. The maximum Gasteiger partial charge on any atom is 0.243 e. The fourth-order valence-electron chi connectivity index (χ4n) is 4.00. The maximum atomic E-state index is 13.3. The Bertz CT molecular complexity index is 1240. The summed E-state index contributed by atoms with van der Waals surface area (Å²) in [5.74, 6) is 0.394. The Morgan fingerprint density at radius 2 is 1.78 bits per heavy atom. The topological polar surface area (TPSA) is 84.9 Å². The number of methoxy groups -OCH3 is 2. The molecule has 0 bridgehead atoms. The number of anilines is 1. The number of ether oxygens (including phenoxy) is 2. The Morgan fingerprint density at radius 3 is 2.53 bits per heavy atom. The molecule has 0 spiro atoms. The van der Waals surface area contributed by atoms with E-state index in [4.69, 9.17) is 9.47 Å². The van der Waals surface area contributed by atoms with Crippen LogP contribution in [0.15, 0.2) is 65.6 Å². The van der Waals surface area contributed by atoms with Crippen molar-refractivity contribution in [1.82, 2.24) is 4.31 Å². The van der Waals surface area contributed by atoms with Gasteiger partial charge in [-0.3, -0.25) is 4.79 Å². The van der Waals surface area contributed by atoms with Crippen LogP contribution in [0.5, 0.6) is 11.5 Å². The van der Waals surface area contributed by atoms with Gasteiger partial charge in [0.15, 0.2) is 0 Å². The number of rotatable bonds is 6. The van der Waals surface area contributed by atoms with Crippen molar-refractivity contribution in [2.24, 2.45) is 5.92 Å². The number of fused-ring (bicyclic) bond motifs is 1. The average molecular weight is 455 g/mol. The van der Waals surface area contributed by atoms with E-state index in [1.54, 1.807) is 37.4 Å². The molecule has 1 aliphatic heterocycles. The lowest BCUT2D eigenvalue weighted by Gasteiger charge is -2.31. The van der Waals surface area contributed by atoms with Crippen molar-refractivity contribution in [3.63, 3.8) is 0 Å². The van der Waals surface area contributed by atoms with E-state index in [2.05, 4.69) is 5.32 Å². The van der Waals surface area contributed by atoms with E-state index < -0.39 is 15.9 Å². The number of carbonyl (C=O) groups is 1. The SMILES string of the molecule is COc1ccc(OC)c(NC(=O)[C@@H]2CCCN(S(=O)(=O)c3ccc4ccccc4c3)C2)c1. The molecule has 1 atom stereocenters. The quantitative estimate of drug-likeness (QED) is 0.611. The van der Waals surface area contributed by atoms with Crippen LogP contribution in [0.1, 0.15) is 12.8 Å². The standard InChI is InChI=1S/C24H26N2O5S/c1-30-20-10-12-23(31-2)22(15-20)25-24(27)19-8-5-13-26(16-19)32(28,29)21-11-9-17-6-3-4-7-18(17)14-21/h3-4,6-7,9-12,14-15,19H,5,8,13,16H2,1-2H3,(H,25,27)/t19-/m1/s1. The van der Waals surface area contributed by atoms with Crippen LogP contribution < -0.4 is 14.8 Å². The number of nitrogens with one attached hydrogen (secondary N) is 1. The summed E-state index contributed by atoms with van der Waals surface area (Å²) in [7, 11) is -0.638. The van der Waals surface area contributed by atoms with E-state index in [0.717, 1.165) is 10.8 Å². The second-order valence-corrected chi connectivity index (χ2v) is 9.70. The third-order valence-electron chi connectivity index (χ3n) is 5.78. The zero-order valence-corrected chi connectivity index (χ0v) is 18.9. The van der Waals surface area contributed by atoms with Crippen molar-refractivity contribution in [2.75, 3.05) is 32.6 Å². The number of carbonyl (C=O) groups excluding carboxylic acids is 1. The highest BCUT2D eigenvalue weighted by molar-refractivity contribution is 7.89. The first-order chi connectivity index (χ1) is 15.4. The number of benzene rings is 3. The first-order valence-corrected chi connectivity index (χ1v) is 11.9. The summed E-state index contributed by atoms with van der Waals surface area (Å²) in [6.07, 6.45) is 1.22. The first-order valence-electron chi connectivity index (χ1n) is 10.4.